The Bertz CT molecular complexity index is 734. The van der Waals surface area contributed by atoms with Crippen LogP contribution in [0.5, 0.6) is 0 Å². The van der Waals surface area contributed by atoms with Gasteiger partial charge in [-0.3, -0.25) is 14.6 Å². The van der Waals surface area contributed by atoms with Crippen molar-refractivity contribution in [3.8, 4) is 0 Å². The summed E-state index contributed by atoms with van der Waals surface area (Å²) < 4.78 is 4.70. The van der Waals surface area contributed by atoms with Crippen molar-refractivity contribution < 1.29 is 14.3 Å². The van der Waals surface area contributed by atoms with Gasteiger partial charge >= 0.3 is 5.97 Å². The lowest BCUT2D eigenvalue weighted by Gasteiger charge is -2.35. The molecule has 1 fully saturated rings. The van der Waals surface area contributed by atoms with Crippen molar-refractivity contribution in [2.24, 2.45) is 0 Å². The average molecular weight is 364 g/mol. The number of halogens is 1. The zero-order chi connectivity index (χ0) is 18.1. The number of benzene rings is 1. The van der Waals surface area contributed by atoms with Crippen LogP contribution in [0.15, 0.2) is 35.5 Å². The molecule has 3 atom stereocenters. The van der Waals surface area contributed by atoms with E-state index in [9.17, 15) is 9.59 Å². The smallest absolute Gasteiger partial charge is 0.310 e. The monoisotopic (exact) mass is 363 g/mol. The number of rotatable bonds is 4. The number of fused-ring (bicyclic) bond motifs is 1. The first-order chi connectivity index (χ1) is 12.0. The van der Waals surface area contributed by atoms with Crippen LogP contribution >= 0.6 is 11.6 Å². The molecule has 2 aliphatic rings. The molecule has 1 amide bonds. The lowest BCUT2D eigenvalue weighted by Crippen LogP contribution is -2.54. The standard InChI is InChI=1S/C18H22ClN3O3/c1-4-14-16(11-6-5-7-12(19)8-11)17-20-10(2)13(9-15(23)25-3)18(24)22(17)21-14/h5-8,14,16-17,20-21H,4,9H2,1-3H3. The topological polar surface area (TPSA) is 70.7 Å². The van der Waals surface area contributed by atoms with Crippen LogP contribution < -0.4 is 10.7 Å². The van der Waals surface area contributed by atoms with Gasteiger partial charge in [0.2, 0.25) is 0 Å². The number of allylic oxidation sites excluding steroid dienone is 1. The maximum Gasteiger partial charge on any atom is 0.310 e. The summed E-state index contributed by atoms with van der Waals surface area (Å²) in [6.07, 6.45) is 0.583. The fourth-order valence-electron chi connectivity index (χ4n) is 3.57. The molecule has 7 heteroatoms. The number of hydrogen-bond acceptors (Lipinski definition) is 5. The van der Waals surface area contributed by atoms with Crippen LogP contribution in [-0.4, -0.2) is 36.2 Å². The van der Waals surface area contributed by atoms with Gasteiger partial charge in [-0.15, -0.1) is 0 Å². The number of esters is 1. The molecule has 1 aromatic rings. The summed E-state index contributed by atoms with van der Waals surface area (Å²) in [5, 5.41) is 5.67. The number of ether oxygens (including phenoxy) is 1. The average Bonchev–Trinajstić information content (AvgIpc) is 2.96. The second kappa shape index (κ2) is 7.06. The van der Waals surface area contributed by atoms with Crippen molar-refractivity contribution in [1.82, 2.24) is 15.8 Å². The van der Waals surface area contributed by atoms with Crippen molar-refractivity contribution >= 4 is 23.5 Å². The van der Waals surface area contributed by atoms with Crippen LogP contribution in [-0.2, 0) is 14.3 Å². The van der Waals surface area contributed by atoms with Gasteiger partial charge < -0.3 is 10.1 Å². The fourth-order valence-corrected chi connectivity index (χ4v) is 3.77. The molecule has 1 aromatic carbocycles. The van der Waals surface area contributed by atoms with E-state index in [1.54, 1.807) is 5.01 Å². The molecule has 0 aromatic heterocycles. The van der Waals surface area contributed by atoms with Crippen molar-refractivity contribution in [3.63, 3.8) is 0 Å². The largest absolute Gasteiger partial charge is 0.469 e. The SMILES string of the molecule is CCC1NN2C(=O)C(CC(=O)OC)=C(C)NC2C1c1cccc(Cl)c1. The van der Waals surface area contributed by atoms with Crippen molar-refractivity contribution in [1.29, 1.82) is 0 Å². The summed E-state index contributed by atoms with van der Waals surface area (Å²) in [5.74, 6) is -0.558. The van der Waals surface area contributed by atoms with E-state index in [0.29, 0.717) is 16.3 Å². The molecule has 134 valence electrons. The molecule has 0 radical (unpaired) electrons. The van der Waals surface area contributed by atoms with E-state index in [2.05, 4.69) is 17.7 Å². The third-order valence-electron chi connectivity index (χ3n) is 4.87. The minimum absolute atomic E-state index is 0.0440. The Hall–Kier alpha value is -2.05. The summed E-state index contributed by atoms with van der Waals surface area (Å²) in [4.78, 5) is 24.5. The molecule has 3 unspecified atom stereocenters. The van der Waals surface area contributed by atoms with Crippen LogP contribution in [0.3, 0.4) is 0 Å². The van der Waals surface area contributed by atoms with Crippen LogP contribution in [0.2, 0.25) is 5.02 Å². The van der Waals surface area contributed by atoms with E-state index in [1.807, 2.05) is 31.2 Å². The molecule has 2 N–H and O–H groups in total. The van der Waals surface area contributed by atoms with Crippen molar-refractivity contribution in [2.45, 2.75) is 44.8 Å². The Morgan fingerprint density at radius 3 is 2.80 bits per heavy atom. The minimum Gasteiger partial charge on any atom is -0.469 e. The maximum atomic E-state index is 12.9. The van der Waals surface area contributed by atoms with E-state index >= 15 is 0 Å². The van der Waals surface area contributed by atoms with Crippen LogP contribution in [0.1, 0.15) is 38.2 Å². The van der Waals surface area contributed by atoms with E-state index < -0.39 is 5.97 Å². The summed E-state index contributed by atoms with van der Waals surface area (Å²) in [7, 11) is 1.32. The normalized spacial score (nSPS) is 25.7. The molecule has 0 spiro atoms. The summed E-state index contributed by atoms with van der Waals surface area (Å²) in [6.45, 7) is 3.90. The molecular formula is C18H22ClN3O3. The highest BCUT2D eigenvalue weighted by molar-refractivity contribution is 6.30. The van der Waals surface area contributed by atoms with Gasteiger partial charge in [-0.1, -0.05) is 30.7 Å². The number of hydrogen-bond donors (Lipinski definition) is 2. The number of nitrogens with one attached hydrogen (secondary N) is 2. The highest BCUT2D eigenvalue weighted by Gasteiger charge is 2.47. The van der Waals surface area contributed by atoms with Gasteiger partial charge in [0.1, 0.15) is 6.17 Å². The number of nitrogens with zero attached hydrogens (tertiary/aromatic N) is 1. The molecule has 3 rings (SSSR count). The van der Waals surface area contributed by atoms with Crippen LogP contribution in [0, 0.1) is 0 Å². The van der Waals surface area contributed by atoms with Gasteiger partial charge in [0.25, 0.3) is 5.91 Å². The fraction of sp³-hybridized carbons (Fsp3) is 0.444. The number of hydrazine groups is 1. The van der Waals surface area contributed by atoms with Gasteiger partial charge in [-0.2, -0.15) is 0 Å². The molecule has 2 heterocycles. The van der Waals surface area contributed by atoms with Gasteiger partial charge in [0, 0.05) is 28.3 Å². The van der Waals surface area contributed by atoms with Gasteiger partial charge in [-0.25, -0.2) is 5.43 Å². The first-order valence-corrected chi connectivity index (χ1v) is 8.72. The van der Waals surface area contributed by atoms with E-state index in [1.165, 1.54) is 7.11 Å². The molecular weight excluding hydrogens is 342 g/mol. The Morgan fingerprint density at radius 2 is 2.16 bits per heavy atom. The van der Waals surface area contributed by atoms with Crippen LogP contribution in [0.4, 0.5) is 0 Å². The molecule has 0 bridgehead atoms. The number of methoxy groups -OCH3 is 1. The molecule has 0 aliphatic carbocycles. The molecule has 0 saturated carbocycles. The Labute approximate surface area is 152 Å². The number of carbonyl (C=O) groups is 2. The molecule has 2 aliphatic heterocycles. The molecule has 1 saturated heterocycles. The molecule has 25 heavy (non-hydrogen) atoms. The highest BCUT2D eigenvalue weighted by atomic mass is 35.5. The quantitative estimate of drug-likeness (QED) is 0.803. The lowest BCUT2D eigenvalue weighted by atomic mass is 9.88. The zero-order valence-corrected chi connectivity index (χ0v) is 15.3. The summed E-state index contributed by atoms with van der Waals surface area (Å²) >= 11 is 6.16. The lowest BCUT2D eigenvalue weighted by molar-refractivity contribution is -0.142. The minimum atomic E-state index is -0.430. The number of amides is 1. The van der Waals surface area contributed by atoms with E-state index in [4.69, 9.17) is 16.3 Å². The Morgan fingerprint density at radius 1 is 1.40 bits per heavy atom. The first kappa shape index (κ1) is 17.8. The third kappa shape index (κ3) is 3.24. The third-order valence-corrected chi connectivity index (χ3v) is 5.11. The van der Waals surface area contributed by atoms with E-state index in [0.717, 1.165) is 12.0 Å². The first-order valence-electron chi connectivity index (χ1n) is 8.34. The van der Waals surface area contributed by atoms with E-state index in [-0.39, 0.29) is 30.5 Å². The summed E-state index contributed by atoms with van der Waals surface area (Å²) in [5.41, 5.74) is 5.51. The Kier molecular flexibility index (Phi) is 5.01. The summed E-state index contributed by atoms with van der Waals surface area (Å²) in [6, 6.07) is 7.81. The highest BCUT2D eigenvalue weighted by Crippen LogP contribution is 2.37. The Balaban J connectivity index is 1.94. The van der Waals surface area contributed by atoms with Crippen LogP contribution in [0.25, 0.3) is 0 Å². The second-order valence-electron chi connectivity index (χ2n) is 6.35. The molecule has 6 nitrogen and oxygen atoms in total. The van der Waals surface area contributed by atoms with Gasteiger partial charge in [0.15, 0.2) is 0 Å². The maximum absolute atomic E-state index is 12.9. The van der Waals surface area contributed by atoms with Crippen molar-refractivity contribution in [3.05, 3.63) is 46.1 Å². The van der Waals surface area contributed by atoms with Gasteiger partial charge in [-0.05, 0) is 31.0 Å². The number of carbonyl (C=O) groups excluding carboxylic acids is 2. The predicted molar refractivity (Wildman–Crippen MR) is 94.5 cm³/mol. The zero-order valence-electron chi connectivity index (χ0n) is 14.5. The second-order valence-corrected chi connectivity index (χ2v) is 6.78. The van der Waals surface area contributed by atoms with Crippen molar-refractivity contribution in [2.75, 3.05) is 7.11 Å². The predicted octanol–water partition coefficient (Wildman–Crippen LogP) is 2.32. The van der Waals surface area contributed by atoms with Gasteiger partial charge in [0.05, 0.1) is 13.5 Å².